The normalized spacial score (nSPS) is 10.2. The van der Waals surface area contributed by atoms with Gasteiger partial charge in [-0.15, -0.1) is 0 Å². The quantitative estimate of drug-likeness (QED) is 0.837. The van der Waals surface area contributed by atoms with Gasteiger partial charge in [-0.2, -0.15) is 0 Å². The van der Waals surface area contributed by atoms with E-state index in [-0.39, 0.29) is 18.4 Å². The van der Waals surface area contributed by atoms with Gasteiger partial charge >= 0.3 is 0 Å². The van der Waals surface area contributed by atoms with Crippen molar-refractivity contribution in [3.05, 3.63) is 28.2 Å². The third kappa shape index (κ3) is 4.39. The molecule has 0 radical (unpaired) electrons. The van der Waals surface area contributed by atoms with Crippen LogP contribution in [-0.2, 0) is 9.59 Å². The van der Waals surface area contributed by atoms with Gasteiger partial charge in [-0.05, 0) is 32.0 Å². The van der Waals surface area contributed by atoms with Crippen LogP contribution in [0.2, 0.25) is 10.0 Å². The van der Waals surface area contributed by atoms with Gasteiger partial charge in [-0.1, -0.05) is 23.2 Å². The fraction of sp³-hybridized carbons (Fsp3) is 0.429. The maximum absolute atomic E-state index is 12.1. The van der Waals surface area contributed by atoms with Gasteiger partial charge in [0, 0.05) is 35.7 Å². The van der Waals surface area contributed by atoms with Gasteiger partial charge < -0.3 is 9.80 Å². The van der Waals surface area contributed by atoms with Gasteiger partial charge in [0.1, 0.15) is 6.54 Å². The summed E-state index contributed by atoms with van der Waals surface area (Å²) in [5.41, 5.74) is 0.524. The maximum atomic E-state index is 12.1. The van der Waals surface area contributed by atoms with E-state index in [1.807, 2.05) is 13.8 Å². The number of nitrogens with zero attached hydrogens (tertiary/aromatic N) is 2. The van der Waals surface area contributed by atoms with Crippen molar-refractivity contribution < 1.29 is 9.59 Å². The van der Waals surface area contributed by atoms with Crippen LogP contribution < -0.4 is 4.90 Å². The molecule has 6 heteroatoms. The lowest BCUT2D eigenvalue weighted by Crippen LogP contribution is -2.42. The molecule has 0 unspecified atom stereocenters. The molecule has 1 aromatic carbocycles. The Hall–Kier alpha value is -1.26. The van der Waals surface area contributed by atoms with Crippen molar-refractivity contribution in [3.63, 3.8) is 0 Å². The highest BCUT2D eigenvalue weighted by atomic mass is 35.5. The standard InChI is InChI=1S/C14H18Cl2N2O2/c1-4-17(5-2)14(20)9-18(10(3)19)13-7-11(15)6-12(16)8-13/h6-8H,4-5,9H2,1-3H3. The summed E-state index contributed by atoms with van der Waals surface area (Å²) in [6.45, 7) is 6.40. The average Bonchev–Trinajstić information content (AvgIpc) is 2.35. The summed E-state index contributed by atoms with van der Waals surface area (Å²) in [5, 5.41) is 0.850. The Labute approximate surface area is 129 Å². The van der Waals surface area contributed by atoms with Crippen LogP contribution in [0, 0.1) is 0 Å². The van der Waals surface area contributed by atoms with E-state index in [9.17, 15) is 9.59 Å². The van der Waals surface area contributed by atoms with Crippen molar-refractivity contribution >= 4 is 40.7 Å². The molecule has 0 aromatic heterocycles. The smallest absolute Gasteiger partial charge is 0.242 e. The zero-order valence-corrected chi connectivity index (χ0v) is 13.3. The van der Waals surface area contributed by atoms with Gasteiger partial charge in [0.25, 0.3) is 0 Å². The Morgan fingerprint density at radius 1 is 1.05 bits per heavy atom. The Morgan fingerprint density at radius 2 is 1.55 bits per heavy atom. The zero-order valence-electron chi connectivity index (χ0n) is 11.8. The minimum atomic E-state index is -0.233. The predicted octanol–water partition coefficient (Wildman–Crippen LogP) is 3.21. The minimum Gasteiger partial charge on any atom is -0.342 e. The Kier molecular flexibility index (Phi) is 6.30. The highest BCUT2D eigenvalue weighted by molar-refractivity contribution is 6.35. The molecule has 0 saturated carbocycles. The molecule has 4 nitrogen and oxygen atoms in total. The molecule has 0 bridgehead atoms. The van der Waals surface area contributed by atoms with E-state index in [0.29, 0.717) is 28.8 Å². The molecule has 0 N–H and O–H groups in total. The molecule has 1 aromatic rings. The number of benzene rings is 1. The van der Waals surface area contributed by atoms with E-state index in [1.165, 1.54) is 11.8 Å². The number of amides is 2. The number of rotatable bonds is 5. The van der Waals surface area contributed by atoms with Gasteiger partial charge in [0.15, 0.2) is 0 Å². The molecule has 0 spiro atoms. The van der Waals surface area contributed by atoms with E-state index in [4.69, 9.17) is 23.2 Å². The zero-order chi connectivity index (χ0) is 15.3. The second-order valence-electron chi connectivity index (χ2n) is 4.30. The van der Waals surface area contributed by atoms with Gasteiger partial charge in [-0.3, -0.25) is 9.59 Å². The van der Waals surface area contributed by atoms with Crippen molar-refractivity contribution in [1.82, 2.24) is 4.90 Å². The van der Waals surface area contributed by atoms with Crippen LogP contribution >= 0.6 is 23.2 Å². The highest BCUT2D eigenvalue weighted by Gasteiger charge is 2.19. The van der Waals surface area contributed by atoms with Crippen LogP contribution in [0.15, 0.2) is 18.2 Å². The molecule has 0 aliphatic carbocycles. The van der Waals surface area contributed by atoms with E-state index >= 15 is 0 Å². The van der Waals surface area contributed by atoms with Crippen LogP contribution in [0.1, 0.15) is 20.8 Å². The maximum Gasteiger partial charge on any atom is 0.242 e. The summed E-state index contributed by atoms with van der Waals surface area (Å²) in [5.74, 6) is -0.342. The first kappa shape index (κ1) is 16.8. The van der Waals surface area contributed by atoms with Crippen LogP contribution in [0.25, 0.3) is 0 Å². The van der Waals surface area contributed by atoms with Crippen LogP contribution in [0.3, 0.4) is 0 Å². The summed E-state index contributed by atoms with van der Waals surface area (Å²) in [7, 11) is 0. The Balaban J connectivity index is 3.00. The monoisotopic (exact) mass is 316 g/mol. The molecule has 2 amide bonds. The first-order valence-electron chi connectivity index (χ1n) is 6.41. The third-order valence-corrected chi connectivity index (χ3v) is 3.39. The summed E-state index contributed by atoms with van der Waals surface area (Å²) >= 11 is 11.9. The first-order chi connectivity index (χ1) is 9.38. The Morgan fingerprint density at radius 3 is 1.95 bits per heavy atom. The topological polar surface area (TPSA) is 40.6 Å². The van der Waals surface area contributed by atoms with Crippen molar-refractivity contribution in [2.75, 3.05) is 24.5 Å². The lowest BCUT2D eigenvalue weighted by Gasteiger charge is -2.25. The molecule has 0 atom stereocenters. The number of carbonyl (C=O) groups is 2. The number of likely N-dealkylation sites (N-methyl/N-ethyl adjacent to an activating group) is 1. The van der Waals surface area contributed by atoms with E-state index in [0.717, 1.165) is 0 Å². The SMILES string of the molecule is CCN(CC)C(=O)CN(C(C)=O)c1cc(Cl)cc(Cl)c1. The summed E-state index contributed by atoms with van der Waals surface area (Å²) < 4.78 is 0. The number of hydrogen-bond donors (Lipinski definition) is 0. The fourth-order valence-corrected chi connectivity index (χ4v) is 2.41. The van der Waals surface area contributed by atoms with Crippen LogP contribution in [0.4, 0.5) is 5.69 Å². The molecule has 0 heterocycles. The average molecular weight is 317 g/mol. The summed E-state index contributed by atoms with van der Waals surface area (Å²) in [6.07, 6.45) is 0. The number of hydrogen-bond acceptors (Lipinski definition) is 2. The predicted molar refractivity (Wildman–Crippen MR) is 82.4 cm³/mol. The second kappa shape index (κ2) is 7.50. The molecule has 110 valence electrons. The van der Waals surface area contributed by atoms with Crippen molar-refractivity contribution in [2.45, 2.75) is 20.8 Å². The van der Waals surface area contributed by atoms with Crippen molar-refractivity contribution in [3.8, 4) is 0 Å². The fourth-order valence-electron chi connectivity index (χ4n) is 1.89. The number of halogens is 2. The molecule has 0 saturated heterocycles. The van der Waals surface area contributed by atoms with Crippen molar-refractivity contribution in [1.29, 1.82) is 0 Å². The number of carbonyl (C=O) groups excluding carboxylic acids is 2. The van der Waals surface area contributed by atoms with Crippen LogP contribution in [0.5, 0.6) is 0 Å². The van der Waals surface area contributed by atoms with Crippen LogP contribution in [-0.4, -0.2) is 36.3 Å². The van der Waals surface area contributed by atoms with E-state index in [2.05, 4.69) is 0 Å². The molecular weight excluding hydrogens is 299 g/mol. The highest BCUT2D eigenvalue weighted by Crippen LogP contribution is 2.25. The molecule has 1 rings (SSSR count). The van der Waals surface area contributed by atoms with E-state index in [1.54, 1.807) is 23.1 Å². The van der Waals surface area contributed by atoms with Gasteiger partial charge in [-0.25, -0.2) is 0 Å². The van der Waals surface area contributed by atoms with Gasteiger partial charge in [0.2, 0.25) is 11.8 Å². The largest absolute Gasteiger partial charge is 0.342 e. The molecule has 0 fully saturated rings. The first-order valence-corrected chi connectivity index (χ1v) is 7.16. The lowest BCUT2D eigenvalue weighted by molar-refractivity contribution is -0.130. The molecular formula is C14H18Cl2N2O2. The second-order valence-corrected chi connectivity index (χ2v) is 5.17. The molecule has 0 aliphatic heterocycles. The van der Waals surface area contributed by atoms with Gasteiger partial charge in [0.05, 0.1) is 0 Å². The summed E-state index contributed by atoms with van der Waals surface area (Å²) in [6, 6.07) is 4.81. The lowest BCUT2D eigenvalue weighted by atomic mass is 10.2. The van der Waals surface area contributed by atoms with Crippen molar-refractivity contribution in [2.24, 2.45) is 0 Å². The Bertz CT molecular complexity index is 482. The molecule has 20 heavy (non-hydrogen) atoms. The molecule has 0 aliphatic rings. The third-order valence-electron chi connectivity index (χ3n) is 2.95. The summed E-state index contributed by atoms with van der Waals surface area (Å²) in [4.78, 5) is 26.9. The van der Waals surface area contributed by atoms with E-state index < -0.39 is 0 Å². The number of anilines is 1. The minimum absolute atomic E-state index is 0.0202.